The number of nitrogen functional groups attached to an aromatic ring is 1. The lowest BCUT2D eigenvalue weighted by Crippen LogP contribution is -2.13. The average Bonchev–Trinajstić information content (AvgIpc) is 3.07. The first kappa shape index (κ1) is 18.2. The maximum atomic E-state index is 13.0. The molecule has 0 saturated heterocycles. The Morgan fingerprint density at radius 1 is 0.964 bits per heavy atom. The van der Waals surface area contributed by atoms with Crippen molar-refractivity contribution < 1.29 is 12.8 Å². The zero-order chi connectivity index (χ0) is 19.9. The number of nitrogens with zero attached hydrogens (tertiary/aromatic N) is 3. The van der Waals surface area contributed by atoms with Gasteiger partial charge < -0.3 is 5.73 Å². The summed E-state index contributed by atoms with van der Waals surface area (Å²) in [6.07, 6.45) is 0. The standard InChI is InChI=1S/C18H13ClFN5O2S/c19-15-9-17-18(10-16(15)21)23-25(22-17)13-5-7-14(8-6-13)28(26,27)24-12-3-1-11(20)2-4-12/h1-10,24H,21H2. The Bertz CT molecular complexity index is 1230. The summed E-state index contributed by atoms with van der Waals surface area (Å²) in [5, 5.41) is 9.02. The monoisotopic (exact) mass is 417 g/mol. The highest BCUT2D eigenvalue weighted by atomic mass is 35.5. The van der Waals surface area contributed by atoms with Crippen LogP contribution in [0.1, 0.15) is 0 Å². The van der Waals surface area contributed by atoms with Crippen LogP contribution in [0.25, 0.3) is 16.7 Å². The molecule has 3 aromatic carbocycles. The molecule has 0 spiro atoms. The number of hydrogen-bond acceptors (Lipinski definition) is 5. The van der Waals surface area contributed by atoms with Gasteiger partial charge in [0.25, 0.3) is 10.0 Å². The highest BCUT2D eigenvalue weighted by Gasteiger charge is 2.15. The Kier molecular flexibility index (Phi) is 4.40. The van der Waals surface area contributed by atoms with Gasteiger partial charge in [-0.3, -0.25) is 4.72 Å². The molecule has 0 fully saturated rings. The van der Waals surface area contributed by atoms with Crippen molar-refractivity contribution in [2.45, 2.75) is 4.90 Å². The second-order valence-electron chi connectivity index (χ2n) is 5.96. The van der Waals surface area contributed by atoms with Crippen LogP contribution >= 0.6 is 11.6 Å². The number of fused-ring (bicyclic) bond motifs is 1. The molecular formula is C18H13ClFN5O2S. The summed E-state index contributed by atoms with van der Waals surface area (Å²) in [4.78, 5) is 1.41. The fraction of sp³-hybridized carbons (Fsp3) is 0. The molecule has 4 aromatic rings. The average molecular weight is 418 g/mol. The quantitative estimate of drug-likeness (QED) is 0.494. The molecule has 1 aromatic heterocycles. The van der Waals surface area contributed by atoms with E-state index in [1.165, 1.54) is 41.2 Å². The largest absolute Gasteiger partial charge is 0.397 e. The molecule has 0 aliphatic heterocycles. The zero-order valence-electron chi connectivity index (χ0n) is 14.2. The van der Waals surface area contributed by atoms with Crippen molar-refractivity contribution in [1.29, 1.82) is 0 Å². The van der Waals surface area contributed by atoms with E-state index in [1.54, 1.807) is 24.3 Å². The van der Waals surface area contributed by atoms with E-state index in [9.17, 15) is 12.8 Å². The minimum atomic E-state index is -3.82. The van der Waals surface area contributed by atoms with Gasteiger partial charge in [0.2, 0.25) is 0 Å². The third-order valence-corrected chi connectivity index (χ3v) is 5.70. The van der Waals surface area contributed by atoms with Gasteiger partial charge in [0.15, 0.2) is 0 Å². The summed E-state index contributed by atoms with van der Waals surface area (Å²) >= 11 is 5.99. The van der Waals surface area contributed by atoms with Crippen molar-refractivity contribution in [1.82, 2.24) is 15.0 Å². The van der Waals surface area contributed by atoms with Gasteiger partial charge in [0.1, 0.15) is 16.9 Å². The van der Waals surface area contributed by atoms with E-state index in [2.05, 4.69) is 14.9 Å². The normalized spacial score (nSPS) is 11.6. The fourth-order valence-corrected chi connectivity index (χ4v) is 3.78. The summed E-state index contributed by atoms with van der Waals surface area (Å²) in [7, 11) is -3.82. The summed E-state index contributed by atoms with van der Waals surface area (Å²) in [6.45, 7) is 0. The lowest BCUT2D eigenvalue weighted by atomic mass is 10.3. The molecule has 0 unspecified atom stereocenters. The molecular weight excluding hydrogens is 405 g/mol. The van der Waals surface area contributed by atoms with Gasteiger partial charge >= 0.3 is 0 Å². The molecule has 0 amide bonds. The van der Waals surface area contributed by atoms with Crippen molar-refractivity contribution in [3.8, 4) is 5.69 Å². The van der Waals surface area contributed by atoms with Crippen LogP contribution in [0.2, 0.25) is 5.02 Å². The first-order chi connectivity index (χ1) is 13.3. The van der Waals surface area contributed by atoms with Gasteiger partial charge in [-0.25, -0.2) is 12.8 Å². The summed E-state index contributed by atoms with van der Waals surface area (Å²) < 4.78 is 40.3. The van der Waals surface area contributed by atoms with Crippen LogP contribution in [0.3, 0.4) is 0 Å². The number of nitrogens with two attached hydrogens (primary N) is 1. The fourth-order valence-electron chi connectivity index (χ4n) is 2.56. The second-order valence-corrected chi connectivity index (χ2v) is 8.05. The number of benzene rings is 3. The van der Waals surface area contributed by atoms with E-state index in [0.29, 0.717) is 27.4 Å². The van der Waals surface area contributed by atoms with Crippen LogP contribution in [0.4, 0.5) is 15.8 Å². The van der Waals surface area contributed by atoms with E-state index in [1.807, 2.05) is 0 Å². The number of sulfonamides is 1. The maximum Gasteiger partial charge on any atom is 0.261 e. The Hall–Kier alpha value is -3.17. The summed E-state index contributed by atoms with van der Waals surface area (Å²) in [5.74, 6) is -0.450. The molecule has 4 rings (SSSR count). The number of hydrogen-bond donors (Lipinski definition) is 2. The molecule has 7 nitrogen and oxygen atoms in total. The number of anilines is 2. The highest BCUT2D eigenvalue weighted by Crippen LogP contribution is 2.24. The van der Waals surface area contributed by atoms with Gasteiger partial charge in [0.05, 0.1) is 21.3 Å². The third kappa shape index (κ3) is 3.49. The van der Waals surface area contributed by atoms with Gasteiger partial charge in [0, 0.05) is 5.69 Å². The van der Waals surface area contributed by atoms with Crippen molar-refractivity contribution in [2.75, 3.05) is 10.5 Å². The molecule has 0 aliphatic rings. The van der Waals surface area contributed by atoms with Crippen LogP contribution in [-0.4, -0.2) is 23.4 Å². The smallest absolute Gasteiger partial charge is 0.261 e. The Balaban J connectivity index is 1.62. The third-order valence-electron chi connectivity index (χ3n) is 3.97. The minimum Gasteiger partial charge on any atom is -0.397 e. The molecule has 0 atom stereocenters. The Morgan fingerprint density at radius 3 is 2.21 bits per heavy atom. The summed E-state index contributed by atoms with van der Waals surface area (Å²) in [5.41, 5.74) is 8.12. The Labute approximate surface area is 164 Å². The van der Waals surface area contributed by atoms with Crippen LogP contribution in [0.5, 0.6) is 0 Å². The first-order valence-electron chi connectivity index (χ1n) is 8.03. The molecule has 1 heterocycles. The van der Waals surface area contributed by atoms with Gasteiger partial charge in [-0.15, -0.1) is 10.2 Å². The highest BCUT2D eigenvalue weighted by molar-refractivity contribution is 7.92. The molecule has 0 aliphatic carbocycles. The van der Waals surface area contributed by atoms with Crippen LogP contribution < -0.4 is 10.5 Å². The van der Waals surface area contributed by atoms with Crippen LogP contribution in [0, 0.1) is 5.82 Å². The number of aromatic nitrogens is 3. The molecule has 3 N–H and O–H groups in total. The van der Waals surface area contributed by atoms with Crippen LogP contribution in [0.15, 0.2) is 65.6 Å². The lowest BCUT2D eigenvalue weighted by Gasteiger charge is -2.08. The van der Waals surface area contributed by atoms with Crippen molar-refractivity contribution >= 4 is 44.0 Å². The molecule has 0 bridgehead atoms. The second kappa shape index (κ2) is 6.77. The predicted molar refractivity (Wildman–Crippen MR) is 105 cm³/mol. The van der Waals surface area contributed by atoms with Crippen molar-refractivity contribution in [3.63, 3.8) is 0 Å². The predicted octanol–water partition coefficient (Wildman–Crippen LogP) is 3.60. The van der Waals surface area contributed by atoms with Crippen molar-refractivity contribution in [3.05, 3.63) is 71.5 Å². The van der Waals surface area contributed by atoms with Crippen LogP contribution in [-0.2, 0) is 10.0 Å². The molecule has 10 heteroatoms. The first-order valence-corrected chi connectivity index (χ1v) is 9.89. The van der Waals surface area contributed by atoms with Crippen molar-refractivity contribution in [2.24, 2.45) is 0 Å². The number of halogens is 2. The van der Waals surface area contributed by atoms with Gasteiger partial charge in [-0.1, -0.05) is 11.6 Å². The molecule has 142 valence electrons. The molecule has 0 saturated carbocycles. The van der Waals surface area contributed by atoms with E-state index in [0.717, 1.165) is 0 Å². The summed E-state index contributed by atoms with van der Waals surface area (Å²) in [6, 6.07) is 14.3. The zero-order valence-corrected chi connectivity index (χ0v) is 15.7. The van der Waals surface area contributed by atoms with E-state index in [-0.39, 0.29) is 10.6 Å². The topological polar surface area (TPSA) is 103 Å². The number of nitrogens with one attached hydrogen (secondary N) is 1. The molecule has 28 heavy (non-hydrogen) atoms. The Morgan fingerprint density at radius 2 is 1.57 bits per heavy atom. The van der Waals surface area contributed by atoms with Gasteiger partial charge in [-0.2, -0.15) is 4.80 Å². The minimum absolute atomic E-state index is 0.0459. The van der Waals surface area contributed by atoms with E-state index >= 15 is 0 Å². The lowest BCUT2D eigenvalue weighted by molar-refractivity contribution is 0.601. The maximum absolute atomic E-state index is 13.0. The van der Waals surface area contributed by atoms with E-state index in [4.69, 9.17) is 17.3 Å². The van der Waals surface area contributed by atoms with E-state index < -0.39 is 15.8 Å². The SMILES string of the molecule is Nc1cc2nn(-c3ccc(S(=O)(=O)Nc4ccc(F)cc4)cc3)nc2cc1Cl. The molecule has 0 radical (unpaired) electrons. The number of rotatable bonds is 4. The van der Waals surface area contributed by atoms with Gasteiger partial charge in [-0.05, 0) is 60.7 Å².